The number of halogens is 2. The minimum absolute atomic E-state index is 0.107. The number of phenols is 1. The fourth-order valence-electron chi connectivity index (χ4n) is 2.25. The van der Waals surface area contributed by atoms with Gasteiger partial charge in [-0.15, -0.1) is 0 Å². The Morgan fingerprint density at radius 2 is 1.95 bits per heavy atom. The summed E-state index contributed by atoms with van der Waals surface area (Å²) in [5.74, 6) is 0.535. The second kappa shape index (κ2) is 4.89. The summed E-state index contributed by atoms with van der Waals surface area (Å²) in [7, 11) is 0. The van der Waals surface area contributed by atoms with Crippen molar-refractivity contribution in [1.82, 2.24) is 0 Å². The molecule has 1 aliphatic rings. The normalized spacial score (nSPS) is 13.4. The van der Waals surface area contributed by atoms with Gasteiger partial charge < -0.3 is 16.2 Å². The zero-order chi connectivity index (χ0) is 14.3. The summed E-state index contributed by atoms with van der Waals surface area (Å²) in [5.41, 5.74) is 8.55. The molecule has 2 aromatic rings. The Bertz CT molecular complexity index is 729. The molecule has 6 heteroatoms. The van der Waals surface area contributed by atoms with Gasteiger partial charge in [0, 0.05) is 16.7 Å². The molecule has 20 heavy (non-hydrogen) atoms. The van der Waals surface area contributed by atoms with E-state index in [9.17, 15) is 5.11 Å². The van der Waals surface area contributed by atoms with Crippen LogP contribution in [0.4, 0.5) is 5.69 Å². The molecular weight excluding hydrogens is 297 g/mol. The third-order valence-corrected chi connectivity index (χ3v) is 4.00. The molecule has 0 spiro atoms. The summed E-state index contributed by atoms with van der Waals surface area (Å²) in [6, 6.07) is 8.57. The Hall–Kier alpha value is -1.91. The molecular formula is C14H11Cl2N3O. The number of phenolic OH excluding ortho intramolecular Hbond substituents is 1. The van der Waals surface area contributed by atoms with Crippen molar-refractivity contribution < 1.29 is 5.11 Å². The number of nitrogens with zero attached hydrogens (tertiary/aromatic N) is 1. The second-order valence-electron chi connectivity index (χ2n) is 4.36. The van der Waals surface area contributed by atoms with Crippen LogP contribution in [0.15, 0.2) is 35.3 Å². The number of aliphatic imine (C=N–C) groups is 1. The zero-order valence-corrected chi connectivity index (χ0v) is 11.8. The maximum Gasteiger partial charge on any atom is 0.129 e. The quantitative estimate of drug-likeness (QED) is 0.755. The van der Waals surface area contributed by atoms with Gasteiger partial charge in [0.1, 0.15) is 18.3 Å². The van der Waals surface area contributed by atoms with Crippen LogP contribution >= 0.6 is 23.2 Å². The Kier molecular flexibility index (Phi) is 3.20. The van der Waals surface area contributed by atoms with Crippen LogP contribution < -0.4 is 11.1 Å². The first-order valence-corrected chi connectivity index (χ1v) is 6.69. The van der Waals surface area contributed by atoms with E-state index in [1.165, 1.54) is 0 Å². The van der Waals surface area contributed by atoms with Crippen LogP contribution in [0.25, 0.3) is 11.1 Å². The molecule has 1 aliphatic heterocycles. The van der Waals surface area contributed by atoms with E-state index in [-0.39, 0.29) is 5.75 Å². The van der Waals surface area contributed by atoms with Gasteiger partial charge >= 0.3 is 0 Å². The summed E-state index contributed by atoms with van der Waals surface area (Å²) in [5, 5.41) is 14.1. The van der Waals surface area contributed by atoms with Crippen LogP contribution in [0.1, 0.15) is 5.56 Å². The van der Waals surface area contributed by atoms with Crippen molar-refractivity contribution in [2.24, 2.45) is 10.7 Å². The predicted molar refractivity (Wildman–Crippen MR) is 82.8 cm³/mol. The Balaban J connectivity index is 2.32. The van der Waals surface area contributed by atoms with E-state index in [1.54, 1.807) is 30.3 Å². The van der Waals surface area contributed by atoms with Crippen molar-refractivity contribution in [3.8, 4) is 16.9 Å². The first-order chi connectivity index (χ1) is 9.59. The van der Waals surface area contributed by atoms with Gasteiger partial charge in [-0.25, -0.2) is 4.99 Å². The van der Waals surface area contributed by atoms with E-state index in [4.69, 9.17) is 28.9 Å². The SMILES string of the molecule is NC1=NCNc2c1ccc(O)c2-c1cccc(Cl)c1Cl. The van der Waals surface area contributed by atoms with E-state index < -0.39 is 0 Å². The van der Waals surface area contributed by atoms with Crippen LogP contribution in [0.3, 0.4) is 0 Å². The predicted octanol–water partition coefficient (Wildman–Crippen LogP) is 3.45. The highest BCUT2D eigenvalue weighted by Crippen LogP contribution is 2.44. The number of hydrogen-bond donors (Lipinski definition) is 3. The number of fused-ring (bicyclic) bond motifs is 1. The van der Waals surface area contributed by atoms with Crippen molar-refractivity contribution in [3.63, 3.8) is 0 Å². The smallest absolute Gasteiger partial charge is 0.129 e. The number of benzene rings is 2. The van der Waals surface area contributed by atoms with Gasteiger partial charge in [-0.1, -0.05) is 35.3 Å². The lowest BCUT2D eigenvalue weighted by Crippen LogP contribution is -2.22. The molecule has 0 aromatic heterocycles. The zero-order valence-electron chi connectivity index (χ0n) is 10.3. The second-order valence-corrected chi connectivity index (χ2v) is 5.15. The summed E-state index contributed by atoms with van der Waals surface area (Å²) in [6.45, 7) is 0.355. The van der Waals surface area contributed by atoms with E-state index >= 15 is 0 Å². The van der Waals surface area contributed by atoms with Crippen molar-refractivity contribution in [1.29, 1.82) is 0 Å². The maximum atomic E-state index is 10.2. The molecule has 0 saturated carbocycles. The third kappa shape index (κ3) is 1.97. The lowest BCUT2D eigenvalue weighted by atomic mass is 9.97. The molecule has 3 rings (SSSR count). The van der Waals surface area contributed by atoms with Crippen LogP contribution in [0.5, 0.6) is 5.75 Å². The number of anilines is 1. The lowest BCUT2D eigenvalue weighted by Gasteiger charge is -2.21. The van der Waals surface area contributed by atoms with Crippen LogP contribution in [-0.4, -0.2) is 17.6 Å². The summed E-state index contributed by atoms with van der Waals surface area (Å²) >= 11 is 12.3. The first kappa shape index (κ1) is 13.1. The van der Waals surface area contributed by atoms with Gasteiger partial charge in [0.05, 0.1) is 15.7 Å². The molecule has 0 fully saturated rings. The van der Waals surface area contributed by atoms with Gasteiger partial charge in [0.25, 0.3) is 0 Å². The fraction of sp³-hybridized carbons (Fsp3) is 0.0714. The Morgan fingerprint density at radius 1 is 1.15 bits per heavy atom. The van der Waals surface area contributed by atoms with Gasteiger partial charge in [-0.3, -0.25) is 0 Å². The van der Waals surface area contributed by atoms with E-state index in [2.05, 4.69) is 10.3 Å². The average molecular weight is 308 g/mol. The molecule has 0 aliphatic carbocycles. The number of nitrogens with one attached hydrogen (secondary N) is 1. The molecule has 4 N–H and O–H groups in total. The Labute approximate surface area is 125 Å². The minimum atomic E-state index is 0.107. The third-order valence-electron chi connectivity index (χ3n) is 3.19. The van der Waals surface area contributed by atoms with E-state index in [0.717, 1.165) is 5.56 Å². The molecule has 2 aromatic carbocycles. The number of aromatic hydroxyl groups is 1. The molecule has 0 radical (unpaired) electrons. The number of amidine groups is 1. The molecule has 0 atom stereocenters. The van der Waals surface area contributed by atoms with Crippen molar-refractivity contribution in [3.05, 3.63) is 45.9 Å². The molecule has 102 valence electrons. The molecule has 1 heterocycles. The molecule has 0 saturated heterocycles. The average Bonchev–Trinajstić information content (AvgIpc) is 2.43. The standard InChI is InChI=1S/C14H11Cl2N3O/c15-9-3-1-2-7(12(9)16)11-10(20)5-4-8-13(11)18-6-19-14(8)17/h1-5,18,20H,6H2,(H2,17,19). The van der Waals surface area contributed by atoms with E-state index in [0.29, 0.717) is 39.4 Å². The largest absolute Gasteiger partial charge is 0.507 e. The maximum absolute atomic E-state index is 10.2. The molecule has 0 unspecified atom stereocenters. The van der Waals surface area contributed by atoms with Crippen LogP contribution in [0, 0.1) is 0 Å². The lowest BCUT2D eigenvalue weighted by molar-refractivity contribution is 0.477. The highest BCUT2D eigenvalue weighted by atomic mass is 35.5. The molecule has 0 bridgehead atoms. The van der Waals surface area contributed by atoms with E-state index in [1.807, 2.05) is 0 Å². The van der Waals surface area contributed by atoms with Crippen molar-refractivity contribution in [2.75, 3.05) is 12.0 Å². The molecule has 0 amide bonds. The summed E-state index contributed by atoms with van der Waals surface area (Å²) in [4.78, 5) is 4.12. The van der Waals surface area contributed by atoms with Gasteiger partial charge in [-0.2, -0.15) is 0 Å². The summed E-state index contributed by atoms with van der Waals surface area (Å²) in [6.07, 6.45) is 0. The van der Waals surface area contributed by atoms with Gasteiger partial charge in [-0.05, 0) is 18.2 Å². The van der Waals surface area contributed by atoms with Crippen LogP contribution in [0.2, 0.25) is 10.0 Å². The highest BCUT2D eigenvalue weighted by molar-refractivity contribution is 6.44. The first-order valence-electron chi connectivity index (χ1n) is 5.94. The topological polar surface area (TPSA) is 70.6 Å². The number of nitrogens with two attached hydrogens (primary N) is 1. The minimum Gasteiger partial charge on any atom is -0.507 e. The van der Waals surface area contributed by atoms with Crippen molar-refractivity contribution in [2.45, 2.75) is 0 Å². The van der Waals surface area contributed by atoms with Gasteiger partial charge in [0.2, 0.25) is 0 Å². The fourth-order valence-corrected chi connectivity index (χ4v) is 2.64. The molecule has 4 nitrogen and oxygen atoms in total. The van der Waals surface area contributed by atoms with Gasteiger partial charge in [0.15, 0.2) is 0 Å². The van der Waals surface area contributed by atoms with Crippen molar-refractivity contribution >= 4 is 34.7 Å². The Morgan fingerprint density at radius 3 is 2.75 bits per heavy atom. The monoisotopic (exact) mass is 307 g/mol. The van der Waals surface area contributed by atoms with Crippen LogP contribution in [-0.2, 0) is 0 Å². The number of hydrogen-bond acceptors (Lipinski definition) is 4. The number of rotatable bonds is 1. The summed E-state index contributed by atoms with van der Waals surface area (Å²) < 4.78 is 0. The highest BCUT2D eigenvalue weighted by Gasteiger charge is 2.21.